The molecule has 19 heavy (non-hydrogen) atoms. The van der Waals surface area contributed by atoms with E-state index in [0.717, 1.165) is 11.1 Å². The molecule has 0 fully saturated rings. The van der Waals surface area contributed by atoms with Gasteiger partial charge >= 0.3 is 0 Å². The molecule has 0 aliphatic carbocycles. The van der Waals surface area contributed by atoms with E-state index in [1.54, 1.807) is 18.2 Å². The number of thioether (sulfide) groups is 1. The highest BCUT2D eigenvalue weighted by Crippen LogP contribution is 2.31. The minimum absolute atomic E-state index is 0.0254. The van der Waals surface area contributed by atoms with Crippen LogP contribution in [0.2, 0.25) is 0 Å². The first-order valence-corrected chi connectivity index (χ1v) is 6.74. The Balaban J connectivity index is 2.07. The van der Waals surface area contributed by atoms with Gasteiger partial charge in [-0.25, -0.2) is 0 Å². The molecule has 0 aliphatic heterocycles. The van der Waals surface area contributed by atoms with E-state index < -0.39 is 0 Å². The topological polar surface area (TPSA) is 63.4 Å². The molecule has 0 heterocycles. The van der Waals surface area contributed by atoms with Gasteiger partial charge in [-0.2, -0.15) is 0 Å². The van der Waals surface area contributed by atoms with E-state index in [4.69, 9.17) is 5.11 Å². The number of nitrogens with zero attached hydrogens (tertiary/aromatic N) is 1. The van der Waals surface area contributed by atoms with Gasteiger partial charge < -0.3 is 5.11 Å². The van der Waals surface area contributed by atoms with Crippen LogP contribution < -0.4 is 0 Å². The Morgan fingerprint density at radius 1 is 1.05 bits per heavy atom. The van der Waals surface area contributed by atoms with Crippen LogP contribution in [0.1, 0.15) is 11.1 Å². The van der Waals surface area contributed by atoms with Crippen LogP contribution in [0.4, 0.5) is 5.69 Å². The summed E-state index contributed by atoms with van der Waals surface area (Å²) in [5, 5.41) is 19.8. The van der Waals surface area contributed by atoms with Crippen LogP contribution >= 0.6 is 11.8 Å². The molecular weight excluding hydrogens is 262 g/mol. The van der Waals surface area contributed by atoms with E-state index >= 15 is 0 Å². The van der Waals surface area contributed by atoms with Crippen LogP contribution in [-0.2, 0) is 12.4 Å². The van der Waals surface area contributed by atoms with Gasteiger partial charge in [0.1, 0.15) is 0 Å². The Hall–Kier alpha value is -1.85. The Labute approximate surface area is 115 Å². The van der Waals surface area contributed by atoms with E-state index in [-0.39, 0.29) is 17.2 Å². The largest absolute Gasteiger partial charge is 0.392 e. The number of rotatable bonds is 5. The zero-order valence-corrected chi connectivity index (χ0v) is 11.0. The fourth-order valence-electron chi connectivity index (χ4n) is 1.63. The minimum atomic E-state index is -0.364. The Bertz CT molecular complexity index is 569. The van der Waals surface area contributed by atoms with Gasteiger partial charge in [-0.3, -0.25) is 10.1 Å². The van der Waals surface area contributed by atoms with Gasteiger partial charge in [0, 0.05) is 11.8 Å². The lowest BCUT2D eigenvalue weighted by Gasteiger charge is -2.04. The predicted octanol–water partition coefficient (Wildman–Crippen LogP) is 3.38. The first kappa shape index (κ1) is 13.6. The molecule has 0 atom stereocenters. The summed E-state index contributed by atoms with van der Waals surface area (Å²) in [6, 6.07) is 14.3. The van der Waals surface area contributed by atoms with Crippen molar-refractivity contribution in [1.29, 1.82) is 0 Å². The normalized spacial score (nSPS) is 10.4. The molecule has 0 saturated carbocycles. The van der Waals surface area contributed by atoms with Crippen molar-refractivity contribution in [3.8, 4) is 0 Å². The third-order valence-electron chi connectivity index (χ3n) is 2.66. The zero-order chi connectivity index (χ0) is 13.7. The van der Waals surface area contributed by atoms with Gasteiger partial charge in [-0.05, 0) is 17.2 Å². The summed E-state index contributed by atoms with van der Waals surface area (Å²) >= 11 is 1.44. The lowest BCUT2D eigenvalue weighted by atomic mass is 10.2. The second kappa shape index (κ2) is 6.36. The predicted molar refractivity (Wildman–Crippen MR) is 75.0 cm³/mol. The van der Waals surface area contributed by atoms with Crippen molar-refractivity contribution in [2.75, 3.05) is 0 Å². The molecule has 0 amide bonds. The number of para-hydroxylation sites is 1. The van der Waals surface area contributed by atoms with Crippen LogP contribution in [0, 0.1) is 10.1 Å². The molecule has 0 saturated heterocycles. The van der Waals surface area contributed by atoms with Crippen molar-refractivity contribution < 1.29 is 10.0 Å². The Morgan fingerprint density at radius 3 is 2.32 bits per heavy atom. The second-order valence-electron chi connectivity index (χ2n) is 3.99. The molecule has 0 aliphatic rings. The molecular formula is C14H13NO3S. The van der Waals surface area contributed by atoms with Crippen LogP contribution in [0.15, 0.2) is 53.4 Å². The summed E-state index contributed by atoms with van der Waals surface area (Å²) in [6.07, 6.45) is 0. The van der Waals surface area contributed by atoms with Gasteiger partial charge in [0.25, 0.3) is 5.69 Å². The van der Waals surface area contributed by atoms with Gasteiger partial charge in [0.05, 0.1) is 16.4 Å². The first-order chi connectivity index (χ1) is 9.20. The van der Waals surface area contributed by atoms with Crippen molar-refractivity contribution in [2.24, 2.45) is 0 Å². The number of aliphatic hydroxyl groups excluding tert-OH is 1. The van der Waals surface area contributed by atoms with Gasteiger partial charge in [0.2, 0.25) is 0 Å². The highest BCUT2D eigenvalue weighted by molar-refractivity contribution is 7.98. The minimum Gasteiger partial charge on any atom is -0.392 e. The summed E-state index contributed by atoms with van der Waals surface area (Å²) < 4.78 is 0. The Kier molecular flexibility index (Phi) is 4.54. The van der Waals surface area contributed by atoms with Crippen LogP contribution in [0.5, 0.6) is 0 Å². The quantitative estimate of drug-likeness (QED) is 0.516. The van der Waals surface area contributed by atoms with Gasteiger partial charge in [-0.15, -0.1) is 11.8 Å². The number of nitro groups is 1. The smallest absolute Gasteiger partial charge is 0.282 e. The number of benzene rings is 2. The average molecular weight is 275 g/mol. The maximum Gasteiger partial charge on any atom is 0.282 e. The highest BCUT2D eigenvalue weighted by Gasteiger charge is 2.12. The molecule has 2 aromatic rings. The highest BCUT2D eigenvalue weighted by atomic mass is 32.2. The van der Waals surface area contributed by atoms with Crippen LogP contribution in [0.25, 0.3) is 0 Å². The number of hydrogen-bond donors (Lipinski definition) is 1. The average Bonchev–Trinajstić information content (AvgIpc) is 2.46. The van der Waals surface area contributed by atoms with Crippen molar-refractivity contribution in [1.82, 2.24) is 0 Å². The maximum absolute atomic E-state index is 10.9. The van der Waals surface area contributed by atoms with Crippen molar-refractivity contribution in [3.63, 3.8) is 0 Å². The Morgan fingerprint density at radius 2 is 1.68 bits per heavy atom. The maximum atomic E-state index is 10.9. The zero-order valence-electron chi connectivity index (χ0n) is 10.2. The van der Waals surface area contributed by atoms with E-state index in [1.165, 1.54) is 17.8 Å². The molecule has 0 unspecified atom stereocenters. The molecule has 0 aromatic heterocycles. The fraction of sp³-hybridized carbons (Fsp3) is 0.143. The monoisotopic (exact) mass is 275 g/mol. The standard InChI is InChI=1S/C14H13NO3S/c16-9-11-5-7-12(8-6-11)10-19-14-4-2-1-3-13(14)15(17)18/h1-8,16H,9-10H2. The molecule has 5 heteroatoms. The number of hydrogen-bond acceptors (Lipinski definition) is 4. The molecule has 2 aromatic carbocycles. The molecule has 2 rings (SSSR count). The molecule has 0 spiro atoms. The molecule has 0 bridgehead atoms. The molecule has 98 valence electrons. The fourth-order valence-corrected chi connectivity index (χ4v) is 2.61. The summed E-state index contributed by atoms with van der Waals surface area (Å²) in [5.41, 5.74) is 2.07. The van der Waals surface area contributed by atoms with Gasteiger partial charge in [0.15, 0.2) is 0 Å². The van der Waals surface area contributed by atoms with E-state index in [2.05, 4.69) is 0 Å². The first-order valence-electron chi connectivity index (χ1n) is 5.75. The third kappa shape index (κ3) is 3.56. The number of aliphatic hydroxyl groups is 1. The van der Waals surface area contributed by atoms with Crippen molar-refractivity contribution in [3.05, 3.63) is 69.8 Å². The van der Waals surface area contributed by atoms with Crippen LogP contribution in [0.3, 0.4) is 0 Å². The third-order valence-corrected chi connectivity index (χ3v) is 3.80. The summed E-state index contributed by atoms with van der Waals surface area (Å²) in [4.78, 5) is 11.2. The van der Waals surface area contributed by atoms with Gasteiger partial charge in [-0.1, -0.05) is 36.4 Å². The molecule has 4 nitrogen and oxygen atoms in total. The lowest BCUT2D eigenvalue weighted by molar-refractivity contribution is -0.387. The number of nitro benzene ring substituents is 1. The van der Waals surface area contributed by atoms with E-state index in [0.29, 0.717) is 10.6 Å². The van der Waals surface area contributed by atoms with Crippen molar-refractivity contribution in [2.45, 2.75) is 17.3 Å². The van der Waals surface area contributed by atoms with E-state index in [9.17, 15) is 10.1 Å². The van der Waals surface area contributed by atoms with Crippen molar-refractivity contribution >= 4 is 17.4 Å². The molecule has 0 radical (unpaired) electrons. The summed E-state index contributed by atoms with van der Waals surface area (Å²) in [6.45, 7) is 0.0254. The second-order valence-corrected chi connectivity index (χ2v) is 5.01. The lowest BCUT2D eigenvalue weighted by Crippen LogP contribution is -1.91. The SMILES string of the molecule is O=[N+]([O-])c1ccccc1SCc1ccc(CO)cc1. The molecule has 1 N–H and O–H groups in total. The van der Waals surface area contributed by atoms with E-state index in [1.807, 2.05) is 24.3 Å². The summed E-state index contributed by atoms with van der Waals surface area (Å²) in [5.74, 6) is 0.663. The van der Waals surface area contributed by atoms with Crippen LogP contribution in [-0.4, -0.2) is 10.0 Å². The summed E-state index contributed by atoms with van der Waals surface area (Å²) in [7, 11) is 0.